The van der Waals surface area contributed by atoms with E-state index in [2.05, 4.69) is 26.5 Å². The average Bonchev–Trinajstić information content (AvgIpc) is 3.76. The summed E-state index contributed by atoms with van der Waals surface area (Å²) in [6.45, 7) is 5.39. The standard InChI is InChI=1S/C31H38ClN7O5/c1-18-6-8-19(9-7-18)17-39-26-25(20-14-21(32)16-22(15-20)42-13-12-41-2)33-28(29-36-31(40)44-37-29)34-27(26)35-30(39)38-10-11-43-24-5-3-4-23(24)38/h14-16,18-19,23-24H,3-13,17H2,1-2H3,(H,36,37,40)/t18-,19-,23?,24?. The van der Waals surface area contributed by atoms with E-state index in [1.807, 2.05) is 12.1 Å². The first-order chi connectivity index (χ1) is 21.5. The van der Waals surface area contributed by atoms with Gasteiger partial charge in [0.15, 0.2) is 5.65 Å². The zero-order chi connectivity index (χ0) is 30.2. The van der Waals surface area contributed by atoms with E-state index in [-0.39, 0.29) is 23.8 Å². The predicted molar refractivity (Wildman–Crippen MR) is 165 cm³/mol. The lowest BCUT2D eigenvalue weighted by Gasteiger charge is -2.39. The van der Waals surface area contributed by atoms with Gasteiger partial charge in [0, 0.05) is 30.8 Å². The molecular formula is C31H38ClN7O5. The molecule has 44 heavy (non-hydrogen) atoms. The van der Waals surface area contributed by atoms with Crippen molar-refractivity contribution in [2.24, 2.45) is 11.8 Å². The van der Waals surface area contributed by atoms with E-state index in [9.17, 15) is 4.79 Å². The van der Waals surface area contributed by atoms with E-state index in [0.717, 1.165) is 55.3 Å². The maximum atomic E-state index is 11.9. The van der Waals surface area contributed by atoms with Gasteiger partial charge in [-0.1, -0.05) is 36.5 Å². The number of methoxy groups -OCH3 is 1. The Morgan fingerprint density at radius 2 is 1.93 bits per heavy atom. The molecule has 3 aromatic heterocycles. The third kappa shape index (κ3) is 5.82. The van der Waals surface area contributed by atoms with Gasteiger partial charge in [0.1, 0.15) is 23.6 Å². The molecule has 13 heteroatoms. The summed E-state index contributed by atoms with van der Waals surface area (Å²) in [5, 5.41) is 4.39. The molecule has 1 saturated heterocycles. The van der Waals surface area contributed by atoms with E-state index >= 15 is 0 Å². The van der Waals surface area contributed by atoms with E-state index in [4.69, 9.17) is 45.3 Å². The van der Waals surface area contributed by atoms with Crippen molar-refractivity contribution in [3.05, 3.63) is 33.8 Å². The van der Waals surface area contributed by atoms with E-state index in [1.165, 1.54) is 25.7 Å². The Labute approximate surface area is 260 Å². The largest absolute Gasteiger partial charge is 0.491 e. The summed E-state index contributed by atoms with van der Waals surface area (Å²) in [6.07, 6.45) is 8.23. The van der Waals surface area contributed by atoms with Gasteiger partial charge < -0.3 is 23.7 Å². The first kappa shape index (κ1) is 29.2. The molecule has 3 fully saturated rings. The van der Waals surface area contributed by atoms with Crippen LogP contribution in [0.5, 0.6) is 5.75 Å². The number of hydrogen-bond acceptors (Lipinski definition) is 10. The lowest BCUT2D eigenvalue weighted by molar-refractivity contribution is 0.0247. The number of benzene rings is 1. The highest BCUT2D eigenvalue weighted by Crippen LogP contribution is 2.40. The summed E-state index contributed by atoms with van der Waals surface area (Å²) in [7, 11) is 1.63. The topological polar surface area (TPSA) is 133 Å². The molecule has 2 aliphatic carbocycles. The maximum absolute atomic E-state index is 11.9. The summed E-state index contributed by atoms with van der Waals surface area (Å²) in [6, 6.07) is 5.82. The van der Waals surface area contributed by atoms with Gasteiger partial charge in [-0.2, -0.15) is 4.98 Å². The highest BCUT2D eigenvalue weighted by Gasteiger charge is 2.39. The molecule has 0 amide bonds. The van der Waals surface area contributed by atoms with Crippen LogP contribution < -0.4 is 15.4 Å². The van der Waals surface area contributed by atoms with Gasteiger partial charge in [-0.05, 0) is 62.1 Å². The van der Waals surface area contributed by atoms with E-state index in [1.54, 1.807) is 13.2 Å². The molecule has 0 bridgehead atoms. The number of halogens is 1. The van der Waals surface area contributed by atoms with Crippen LogP contribution in [0.25, 0.3) is 34.1 Å². The minimum absolute atomic E-state index is 0.136. The van der Waals surface area contributed by atoms with Crippen molar-refractivity contribution in [2.75, 3.05) is 38.4 Å². The van der Waals surface area contributed by atoms with Crippen LogP contribution >= 0.6 is 11.6 Å². The number of aromatic nitrogens is 6. The highest BCUT2D eigenvalue weighted by molar-refractivity contribution is 6.31. The second-order valence-electron chi connectivity index (χ2n) is 12.3. The summed E-state index contributed by atoms with van der Waals surface area (Å²) in [5.41, 5.74) is 2.72. The predicted octanol–water partition coefficient (Wildman–Crippen LogP) is 5.10. The number of imidazole rings is 1. The van der Waals surface area contributed by atoms with Crippen molar-refractivity contribution in [1.82, 2.24) is 29.7 Å². The molecule has 7 rings (SSSR count). The minimum atomic E-state index is -0.680. The average molecular weight is 624 g/mol. The number of nitrogens with one attached hydrogen (secondary N) is 1. The highest BCUT2D eigenvalue weighted by atomic mass is 35.5. The lowest BCUT2D eigenvalue weighted by atomic mass is 9.83. The molecule has 3 aliphatic rings. The number of hydrogen-bond donors (Lipinski definition) is 1. The maximum Gasteiger partial charge on any atom is 0.439 e. The molecule has 1 aromatic carbocycles. The normalized spacial score (nSPS) is 23.8. The Morgan fingerprint density at radius 3 is 2.73 bits per heavy atom. The summed E-state index contributed by atoms with van der Waals surface area (Å²) < 4.78 is 24.4. The van der Waals surface area contributed by atoms with Crippen LogP contribution in [0.4, 0.5) is 5.95 Å². The summed E-state index contributed by atoms with van der Waals surface area (Å²) in [5.74, 6) is 2.41. The van der Waals surface area contributed by atoms with Crippen molar-refractivity contribution in [3.63, 3.8) is 0 Å². The van der Waals surface area contributed by atoms with Gasteiger partial charge in [-0.15, -0.1) is 0 Å². The molecule has 1 aliphatic heterocycles. The van der Waals surface area contributed by atoms with Crippen molar-refractivity contribution in [2.45, 2.75) is 70.6 Å². The third-order valence-electron chi connectivity index (χ3n) is 9.25. The zero-order valence-electron chi connectivity index (χ0n) is 25.1. The Hall–Kier alpha value is -3.48. The summed E-state index contributed by atoms with van der Waals surface area (Å²) >= 11 is 6.65. The monoisotopic (exact) mass is 623 g/mol. The van der Waals surface area contributed by atoms with Gasteiger partial charge in [0.2, 0.25) is 17.6 Å². The van der Waals surface area contributed by atoms with Gasteiger partial charge in [-0.25, -0.2) is 14.8 Å². The van der Waals surface area contributed by atoms with Gasteiger partial charge >= 0.3 is 5.76 Å². The smallest absolute Gasteiger partial charge is 0.439 e. The van der Waals surface area contributed by atoms with Gasteiger partial charge in [0.05, 0.1) is 25.4 Å². The van der Waals surface area contributed by atoms with Crippen molar-refractivity contribution in [3.8, 4) is 28.7 Å². The number of aromatic amines is 1. The second-order valence-corrected chi connectivity index (χ2v) is 12.7. The molecule has 12 nitrogen and oxygen atoms in total. The fraction of sp³-hybridized carbons (Fsp3) is 0.581. The van der Waals surface area contributed by atoms with Crippen LogP contribution in [0.2, 0.25) is 5.02 Å². The molecule has 0 spiro atoms. The van der Waals surface area contributed by atoms with Crippen molar-refractivity contribution >= 4 is 28.7 Å². The van der Waals surface area contributed by atoms with Crippen LogP contribution in [0.15, 0.2) is 27.5 Å². The van der Waals surface area contributed by atoms with Crippen LogP contribution in [0.1, 0.15) is 51.9 Å². The van der Waals surface area contributed by atoms with Crippen LogP contribution in [-0.2, 0) is 16.0 Å². The molecule has 2 saturated carbocycles. The number of H-pyrrole nitrogens is 1. The molecule has 0 radical (unpaired) electrons. The molecule has 1 N–H and O–H groups in total. The van der Waals surface area contributed by atoms with Gasteiger partial charge in [0.25, 0.3) is 0 Å². The SMILES string of the molecule is COCCOc1cc(Cl)cc(-c2nc(-c3noc(=O)[nH]3)nc3nc(N4CCOC5CCCC54)n(C[C@H]4CC[C@H](C)CC4)c23)c1. The minimum Gasteiger partial charge on any atom is -0.491 e. The van der Waals surface area contributed by atoms with Crippen LogP contribution in [-0.4, -0.2) is 75.3 Å². The molecule has 4 heterocycles. The third-order valence-corrected chi connectivity index (χ3v) is 9.47. The first-order valence-corrected chi connectivity index (χ1v) is 16.0. The number of nitrogens with zero attached hydrogens (tertiary/aromatic N) is 6. The van der Waals surface area contributed by atoms with Crippen LogP contribution in [0.3, 0.4) is 0 Å². The molecule has 2 unspecified atom stereocenters. The number of morpholine rings is 1. The number of fused-ring (bicyclic) bond motifs is 2. The second kappa shape index (κ2) is 12.5. The molecule has 4 aromatic rings. The quantitative estimate of drug-likeness (QED) is 0.251. The first-order valence-electron chi connectivity index (χ1n) is 15.6. The van der Waals surface area contributed by atoms with Crippen molar-refractivity contribution < 1.29 is 18.7 Å². The van der Waals surface area contributed by atoms with Crippen LogP contribution in [0, 0.1) is 11.8 Å². The Morgan fingerprint density at radius 1 is 1.07 bits per heavy atom. The fourth-order valence-corrected chi connectivity index (χ4v) is 7.24. The lowest BCUT2D eigenvalue weighted by Crippen LogP contribution is -2.49. The van der Waals surface area contributed by atoms with Crippen molar-refractivity contribution in [1.29, 1.82) is 0 Å². The Balaban J connectivity index is 1.42. The van der Waals surface area contributed by atoms with E-state index in [0.29, 0.717) is 47.9 Å². The number of anilines is 1. The molecule has 2 atom stereocenters. The van der Waals surface area contributed by atoms with E-state index < -0.39 is 5.76 Å². The Bertz CT molecular complexity index is 1680. The zero-order valence-corrected chi connectivity index (χ0v) is 25.9. The van der Waals surface area contributed by atoms with Gasteiger partial charge in [-0.3, -0.25) is 9.51 Å². The Kier molecular flexibility index (Phi) is 8.30. The number of rotatable bonds is 9. The molecular weight excluding hydrogens is 586 g/mol. The number of ether oxygens (including phenoxy) is 3. The molecule has 234 valence electrons. The summed E-state index contributed by atoms with van der Waals surface area (Å²) in [4.78, 5) is 31.9. The fourth-order valence-electron chi connectivity index (χ4n) is 7.02.